The Labute approximate surface area is 151 Å². The number of fused-ring (bicyclic) bond motifs is 1. The lowest BCUT2D eigenvalue weighted by atomic mass is 10.1. The van der Waals surface area contributed by atoms with Gasteiger partial charge in [0.15, 0.2) is 5.13 Å². The van der Waals surface area contributed by atoms with Crippen LogP contribution in [0.15, 0.2) is 36.7 Å². The first-order chi connectivity index (χ1) is 12.1. The van der Waals surface area contributed by atoms with E-state index in [-0.39, 0.29) is 5.91 Å². The molecule has 3 aromatic rings. The van der Waals surface area contributed by atoms with Gasteiger partial charge in [0.05, 0.1) is 10.2 Å². The van der Waals surface area contributed by atoms with Crippen LogP contribution in [-0.4, -0.2) is 27.3 Å². The number of amides is 1. The highest BCUT2D eigenvalue weighted by atomic mass is 32.1. The summed E-state index contributed by atoms with van der Waals surface area (Å²) in [7, 11) is 0. The summed E-state index contributed by atoms with van der Waals surface area (Å²) >= 11 is 1.42. The molecule has 0 aliphatic heterocycles. The molecule has 0 unspecified atom stereocenters. The predicted molar refractivity (Wildman–Crippen MR) is 103 cm³/mol. The molecule has 0 fully saturated rings. The van der Waals surface area contributed by atoms with E-state index < -0.39 is 0 Å². The van der Waals surface area contributed by atoms with E-state index in [1.165, 1.54) is 11.3 Å². The highest BCUT2D eigenvalue weighted by Gasteiger charge is 2.18. The second kappa shape index (κ2) is 7.61. The molecule has 0 saturated carbocycles. The number of benzene rings is 1. The molecule has 0 aliphatic rings. The largest absolute Gasteiger partial charge is 0.375 e. The number of anilines is 1. The number of nitrogens with two attached hydrogens (primary N) is 1. The van der Waals surface area contributed by atoms with E-state index in [4.69, 9.17) is 5.73 Å². The molecule has 0 atom stereocenters. The third-order valence-corrected chi connectivity index (χ3v) is 4.97. The fourth-order valence-corrected chi connectivity index (χ4v) is 3.68. The van der Waals surface area contributed by atoms with Gasteiger partial charge in [-0.25, -0.2) is 4.98 Å². The number of nitrogens with zero attached hydrogens (tertiary/aromatic N) is 3. The summed E-state index contributed by atoms with van der Waals surface area (Å²) in [5, 5.41) is 0.530. The van der Waals surface area contributed by atoms with Crippen LogP contribution in [0.2, 0.25) is 0 Å². The van der Waals surface area contributed by atoms with Gasteiger partial charge in [0.2, 0.25) is 0 Å². The molecule has 0 saturated heterocycles. The normalized spacial score (nSPS) is 11.0. The van der Waals surface area contributed by atoms with Gasteiger partial charge in [-0.2, -0.15) is 0 Å². The van der Waals surface area contributed by atoms with Crippen LogP contribution in [0.4, 0.5) is 5.13 Å². The Bertz CT molecular complexity index is 876. The molecule has 0 spiro atoms. The molecule has 1 aromatic carbocycles. The van der Waals surface area contributed by atoms with E-state index >= 15 is 0 Å². The van der Waals surface area contributed by atoms with Crippen LogP contribution in [0.25, 0.3) is 10.2 Å². The smallest absolute Gasteiger partial charge is 0.254 e. The van der Waals surface area contributed by atoms with E-state index in [0.29, 0.717) is 17.2 Å². The average Bonchev–Trinajstić information content (AvgIpc) is 3.00. The van der Waals surface area contributed by atoms with Gasteiger partial charge in [-0.1, -0.05) is 24.7 Å². The van der Waals surface area contributed by atoms with Gasteiger partial charge < -0.3 is 10.6 Å². The number of hydrogen-bond acceptors (Lipinski definition) is 5. The molecule has 130 valence electrons. The van der Waals surface area contributed by atoms with Crippen LogP contribution in [0, 0.1) is 6.92 Å². The summed E-state index contributed by atoms with van der Waals surface area (Å²) in [6, 6.07) is 7.72. The lowest BCUT2D eigenvalue weighted by Crippen LogP contribution is -2.31. The van der Waals surface area contributed by atoms with E-state index in [1.807, 2.05) is 36.1 Å². The molecular formula is C19H22N4OS. The Balaban J connectivity index is 1.90. The van der Waals surface area contributed by atoms with Gasteiger partial charge in [0.1, 0.15) is 0 Å². The topological polar surface area (TPSA) is 72.1 Å². The number of carbonyl (C=O) groups excluding carboxylic acids is 1. The van der Waals surface area contributed by atoms with Crippen molar-refractivity contribution in [1.29, 1.82) is 0 Å². The van der Waals surface area contributed by atoms with Crippen molar-refractivity contribution in [3.63, 3.8) is 0 Å². The van der Waals surface area contributed by atoms with Gasteiger partial charge in [-0.05, 0) is 48.7 Å². The van der Waals surface area contributed by atoms with E-state index in [9.17, 15) is 4.79 Å². The second-order valence-corrected chi connectivity index (χ2v) is 7.19. The molecule has 0 bridgehead atoms. The number of nitrogen functional groups attached to an aromatic ring is 1. The Hall–Kier alpha value is -2.47. The zero-order chi connectivity index (χ0) is 17.8. The van der Waals surface area contributed by atoms with E-state index in [2.05, 4.69) is 16.9 Å². The van der Waals surface area contributed by atoms with Crippen molar-refractivity contribution >= 4 is 32.6 Å². The molecular weight excluding hydrogens is 332 g/mol. The molecule has 5 nitrogen and oxygen atoms in total. The van der Waals surface area contributed by atoms with Crippen LogP contribution < -0.4 is 5.73 Å². The molecule has 1 amide bonds. The molecule has 6 heteroatoms. The lowest BCUT2D eigenvalue weighted by Gasteiger charge is -2.23. The number of rotatable bonds is 6. The lowest BCUT2D eigenvalue weighted by molar-refractivity contribution is 0.0741. The van der Waals surface area contributed by atoms with Crippen LogP contribution in [0.1, 0.15) is 41.3 Å². The first-order valence-electron chi connectivity index (χ1n) is 8.43. The molecule has 0 radical (unpaired) electrons. The zero-order valence-electron chi connectivity index (χ0n) is 14.5. The van der Waals surface area contributed by atoms with Crippen molar-refractivity contribution in [2.24, 2.45) is 0 Å². The van der Waals surface area contributed by atoms with E-state index in [1.54, 1.807) is 12.4 Å². The Morgan fingerprint density at radius 3 is 2.76 bits per heavy atom. The molecule has 25 heavy (non-hydrogen) atoms. The maximum Gasteiger partial charge on any atom is 0.254 e. The van der Waals surface area contributed by atoms with Gasteiger partial charge in [0, 0.05) is 31.0 Å². The fraction of sp³-hybridized carbons (Fsp3) is 0.316. The average molecular weight is 354 g/mol. The van der Waals surface area contributed by atoms with Crippen LogP contribution >= 0.6 is 11.3 Å². The van der Waals surface area contributed by atoms with Crippen LogP contribution in [-0.2, 0) is 6.54 Å². The number of hydrogen-bond donors (Lipinski definition) is 1. The molecule has 2 N–H and O–H groups in total. The Kier molecular flexibility index (Phi) is 5.28. The van der Waals surface area contributed by atoms with Gasteiger partial charge >= 0.3 is 0 Å². The quantitative estimate of drug-likeness (QED) is 0.725. The summed E-state index contributed by atoms with van der Waals surface area (Å²) in [6.45, 7) is 5.42. The molecule has 0 aliphatic carbocycles. The third-order valence-electron chi connectivity index (χ3n) is 4.14. The minimum atomic E-state index is 0.0437. The fourth-order valence-electron chi connectivity index (χ4n) is 2.83. The number of carbonyl (C=O) groups is 1. The van der Waals surface area contributed by atoms with Gasteiger partial charge in [-0.15, -0.1) is 0 Å². The monoisotopic (exact) mass is 354 g/mol. The van der Waals surface area contributed by atoms with Crippen molar-refractivity contribution in [3.05, 3.63) is 53.3 Å². The molecule has 2 heterocycles. The highest BCUT2D eigenvalue weighted by molar-refractivity contribution is 7.22. The Morgan fingerprint density at radius 1 is 1.28 bits per heavy atom. The maximum absolute atomic E-state index is 13.1. The summed E-state index contributed by atoms with van der Waals surface area (Å²) in [4.78, 5) is 23.4. The standard InChI is InChI=1S/C19H22N4OS/c1-3-4-9-23(12-14-5-7-21-8-6-14)18(24)15-10-13(2)17-16(11-15)25-19(20)22-17/h5-8,10-11H,3-4,9,12H2,1-2H3,(H2,20,22). The first kappa shape index (κ1) is 17.4. The van der Waals surface area contributed by atoms with Crippen molar-refractivity contribution in [2.45, 2.75) is 33.2 Å². The minimum Gasteiger partial charge on any atom is -0.375 e. The number of aromatic nitrogens is 2. The number of unbranched alkanes of at least 4 members (excludes halogenated alkanes) is 1. The summed E-state index contributed by atoms with van der Waals surface area (Å²) < 4.78 is 0.959. The van der Waals surface area contributed by atoms with Crippen molar-refractivity contribution in [2.75, 3.05) is 12.3 Å². The molecule has 3 rings (SSSR count). The predicted octanol–water partition coefficient (Wildman–Crippen LogP) is 4.02. The number of thiazole rings is 1. The Morgan fingerprint density at radius 2 is 2.04 bits per heavy atom. The second-order valence-electron chi connectivity index (χ2n) is 6.13. The third kappa shape index (κ3) is 3.96. The van der Waals surface area contributed by atoms with Gasteiger partial charge in [-0.3, -0.25) is 9.78 Å². The summed E-state index contributed by atoms with van der Waals surface area (Å²) in [5.41, 5.74) is 9.46. The minimum absolute atomic E-state index is 0.0437. The van der Waals surface area contributed by atoms with Crippen molar-refractivity contribution < 1.29 is 4.79 Å². The maximum atomic E-state index is 13.1. The van der Waals surface area contributed by atoms with Gasteiger partial charge in [0.25, 0.3) is 5.91 Å². The number of pyridine rings is 1. The van der Waals surface area contributed by atoms with Crippen LogP contribution in [0.5, 0.6) is 0 Å². The number of aryl methyl sites for hydroxylation is 1. The van der Waals surface area contributed by atoms with E-state index in [0.717, 1.165) is 40.7 Å². The summed E-state index contributed by atoms with van der Waals surface area (Å²) in [5.74, 6) is 0.0437. The first-order valence-corrected chi connectivity index (χ1v) is 9.25. The SMILES string of the molecule is CCCCN(Cc1ccncc1)C(=O)c1cc(C)c2nc(N)sc2c1. The van der Waals surface area contributed by atoms with Crippen molar-refractivity contribution in [3.8, 4) is 0 Å². The summed E-state index contributed by atoms with van der Waals surface area (Å²) in [6.07, 6.45) is 5.54. The van der Waals surface area contributed by atoms with Crippen molar-refractivity contribution in [1.82, 2.24) is 14.9 Å². The highest BCUT2D eigenvalue weighted by Crippen LogP contribution is 2.28. The molecule has 2 aromatic heterocycles. The zero-order valence-corrected chi connectivity index (χ0v) is 15.3. The van der Waals surface area contributed by atoms with Crippen LogP contribution in [0.3, 0.4) is 0 Å².